The van der Waals surface area contributed by atoms with Crippen molar-refractivity contribution in [1.82, 2.24) is 14.8 Å². The lowest BCUT2D eigenvalue weighted by atomic mass is 10.0. The Morgan fingerprint density at radius 1 is 1.13 bits per heavy atom. The van der Waals surface area contributed by atoms with Crippen LogP contribution in [0.4, 0.5) is 0 Å². The van der Waals surface area contributed by atoms with Crippen molar-refractivity contribution < 1.29 is 9.21 Å². The normalized spacial score (nSPS) is 18.4. The van der Waals surface area contributed by atoms with E-state index in [1.54, 1.807) is 25.1 Å². The van der Waals surface area contributed by atoms with Crippen molar-refractivity contribution >= 4 is 17.0 Å². The summed E-state index contributed by atoms with van der Waals surface area (Å²) in [6.07, 6.45) is 3.79. The molecule has 1 aliphatic heterocycles. The standard InChI is InChI=1S/C24H29N3O3/c1-17-9-7-8-14-26(17)16-20-11-4-3-10-19(20)15-25-23(28)18(2)27-21-12-5-6-13-22(21)30-24(27)29/h3-6,10-13,17-18H,7-9,14-16H2,1-2H3,(H,25,28). The van der Waals surface area contributed by atoms with E-state index in [0.29, 0.717) is 23.7 Å². The number of carbonyl (C=O) groups excluding carboxylic acids is 1. The van der Waals surface area contributed by atoms with Crippen molar-refractivity contribution in [3.8, 4) is 0 Å². The molecule has 0 bridgehead atoms. The first-order valence-electron chi connectivity index (χ1n) is 10.7. The fourth-order valence-corrected chi connectivity index (χ4v) is 4.29. The number of piperidine rings is 1. The monoisotopic (exact) mass is 407 g/mol. The number of amides is 1. The van der Waals surface area contributed by atoms with E-state index in [-0.39, 0.29) is 5.91 Å². The molecule has 2 aromatic carbocycles. The van der Waals surface area contributed by atoms with E-state index < -0.39 is 11.8 Å². The lowest BCUT2D eigenvalue weighted by Crippen LogP contribution is -2.37. The molecule has 30 heavy (non-hydrogen) atoms. The molecule has 1 aliphatic rings. The summed E-state index contributed by atoms with van der Waals surface area (Å²) >= 11 is 0. The summed E-state index contributed by atoms with van der Waals surface area (Å²) in [6.45, 7) is 6.47. The Morgan fingerprint density at radius 3 is 2.67 bits per heavy atom. The topological polar surface area (TPSA) is 67.5 Å². The number of benzene rings is 2. The highest BCUT2D eigenvalue weighted by Gasteiger charge is 2.22. The summed E-state index contributed by atoms with van der Waals surface area (Å²) in [7, 11) is 0. The van der Waals surface area contributed by atoms with Gasteiger partial charge in [0.15, 0.2) is 5.58 Å². The fourth-order valence-electron chi connectivity index (χ4n) is 4.29. The molecule has 6 nitrogen and oxygen atoms in total. The molecule has 1 saturated heterocycles. The number of carbonyl (C=O) groups is 1. The minimum atomic E-state index is -0.657. The SMILES string of the molecule is CC1CCCCN1Cc1ccccc1CNC(=O)C(C)n1c(=O)oc2ccccc21. The predicted octanol–water partition coefficient (Wildman–Crippen LogP) is 3.85. The molecule has 0 spiro atoms. The van der Waals surface area contributed by atoms with Crippen molar-refractivity contribution in [1.29, 1.82) is 0 Å². The molecular formula is C24H29N3O3. The number of para-hydroxylation sites is 2. The number of likely N-dealkylation sites (tertiary alicyclic amines) is 1. The van der Waals surface area contributed by atoms with Crippen molar-refractivity contribution in [3.63, 3.8) is 0 Å². The van der Waals surface area contributed by atoms with Crippen LogP contribution in [0.3, 0.4) is 0 Å². The van der Waals surface area contributed by atoms with E-state index in [1.165, 1.54) is 29.4 Å². The van der Waals surface area contributed by atoms with Gasteiger partial charge in [0.25, 0.3) is 0 Å². The summed E-state index contributed by atoms with van der Waals surface area (Å²) in [6, 6.07) is 15.3. The maximum absolute atomic E-state index is 12.8. The van der Waals surface area contributed by atoms with Gasteiger partial charge in [-0.3, -0.25) is 14.3 Å². The third-order valence-electron chi connectivity index (χ3n) is 6.17. The van der Waals surface area contributed by atoms with E-state index in [4.69, 9.17) is 4.42 Å². The molecule has 1 fully saturated rings. The van der Waals surface area contributed by atoms with E-state index in [9.17, 15) is 9.59 Å². The highest BCUT2D eigenvalue weighted by atomic mass is 16.4. The first-order chi connectivity index (χ1) is 14.5. The number of nitrogens with one attached hydrogen (secondary N) is 1. The molecule has 2 atom stereocenters. The van der Waals surface area contributed by atoms with Gasteiger partial charge in [0, 0.05) is 19.1 Å². The Hall–Kier alpha value is -2.86. The van der Waals surface area contributed by atoms with Gasteiger partial charge in [-0.15, -0.1) is 0 Å². The molecule has 1 amide bonds. The van der Waals surface area contributed by atoms with Gasteiger partial charge in [-0.1, -0.05) is 42.8 Å². The van der Waals surface area contributed by atoms with Crippen LogP contribution in [-0.2, 0) is 17.9 Å². The highest BCUT2D eigenvalue weighted by molar-refractivity contribution is 5.82. The molecule has 2 unspecified atom stereocenters. The first-order valence-corrected chi connectivity index (χ1v) is 10.7. The molecule has 2 heterocycles. The number of nitrogens with zero attached hydrogens (tertiary/aromatic N) is 2. The van der Waals surface area contributed by atoms with Crippen molar-refractivity contribution in [3.05, 3.63) is 70.2 Å². The Bertz CT molecular complexity index is 1080. The summed E-state index contributed by atoms with van der Waals surface area (Å²) in [5.41, 5.74) is 3.47. The maximum Gasteiger partial charge on any atom is 0.420 e. The highest BCUT2D eigenvalue weighted by Crippen LogP contribution is 2.21. The zero-order valence-electron chi connectivity index (χ0n) is 17.6. The average Bonchev–Trinajstić information content (AvgIpc) is 3.09. The van der Waals surface area contributed by atoms with Crippen molar-refractivity contribution in [2.24, 2.45) is 0 Å². The number of hydrogen-bond acceptors (Lipinski definition) is 4. The second-order valence-electron chi connectivity index (χ2n) is 8.18. The van der Waals surface area contributed by atoms with Crippen LogP contribution in [0, 0.1) is 0 Å². The molecule has 1 aromatic heterocycles. The molecule has 0 saturated carbocycles. The molecule has 0 aliphatic carbocycles. The third-order valence-corrected chi connectivity index (χ3v) is 6.17. The molecule has 1 N–H and O–H groups in total. The maximum atomic E-state index is 12.8. The van der Waals surface area contributed by atoms with Crippen LogP contribution in [0.25, 0.3) is 11.1 Å². The van der Waals surface area contributed by atoms with Gasteiger partial charge in [-0.05, 0) is 56.5 Å². The van der Waals surface area contributed by atoms with Crippen molar-refractivity contribution in [2.45, 2.75) is 58.3 Å². The Balaban J connectivity index is 1.46. The van der Waals surface area contributed by atoms with Crippen LogP contribution in [0.15, 0.2) is 57.7 Å². The molecule has 6 heteroatoms. The van der Waals surface area contributed by atoms with Gasteiger partial charge in [-0.25, -0.2) is 4.79 Å². The number of fused-ring (bicyclic) bond motifs is 1. The number of oxazole rings is 1. The second-order valence-corrected chi connectivity index (χ2v) is 8.18. The second kappa shape index (κ2) is 8.88. The Kier molecular flexibility index (Phi) is 6.04. The van der Waals surface area contributed by atoms with Gasteiger partial charge in [-0.2, -0.15) is 0 Å². The summed E-state index contributed by atoms with van der Waals surface area (Å²) in [5, 5.41) is 3.01. The van der Waals surface area contributed by atoms with E-state index in [1.807, 2.05) is 12.1 Å². The number of rotatable bonds is 6. The van der Waals surface area contributed by atoms with Gasteiger partial charge in [0.1, 0.15) is 6.04 Å². The average molecular weight is 408 g/mol. The van der Waals surface area contributed by atoms with Gasteiger partial charge in [0.05, 0.1) is 5.52 Å². The lowest BCUT2D eigenvalue weighted by molar-refractivity contribution is -0.124. The predicted molar refractivity (Wildman–Crippen MR) is 117 cm³/mol. The lowest BCUT2D eigenvalue weighted by Gasteiger charge is -2.33. The number of hydrogen-bond donors (Lipinski definition) is 1. The minimum Gasteiger partial charge on any atom is -0.408 e. The van der Waals surface area contributed by atoms with Crippen LogP contribution in [-0.4, -0.2) is 28.0 Å². The van der Waals surface area contributed by atoms with E-state index in [2.05, 4.69) is 35.3 Å². The molecule has 0 radical (unpaired) electrons. The largest absolute Gasteiger partial charge is 0.420 e. The van der Waals surface area contributed by atoms with Gasteiger partial charge in [0.2, 0.25) is 5.91 Å². The van der Waals surface area contributed by atoms with Crippen LogP contribution in [0.5, 0.6) is 0 Å². The third kappa shape index (κ3) is 4.19. The zero-order valence-corrected chi connectivity index (χ0v) is 17.6. The molecule has 158 valence electrons. The summed E-state index contributed by atoms with van der Waals surface area (Å²) in [5.74, 6) is -0.719. The summed E-state index contributed by atoms with van der Waals surface area (Å²) < 4.78 is 6.68. The van der Waals surface area contributed by atoms with Gasteiger partial charge < -0.3 is 9.73 Å². The molecule has 4 rings (SSSR count). The molecule has 3 aromatic rings. The van der Waals surface area contributed by atoms with Crippen LogP contribution < -0.4 is 11.1 Å². The van der Waals surface area contributed by atoms with E-state index >= 15 is 0 Å². The quantitative estimate of drug-likeness (QED) is 0.674. The van der Waals surface area contributed by atoms with Crippen LogP contribution in [0.2, 0.25) is 0 Å². The Morgan fingerprint density at radius 2 is 1.87 bits per heavy atom. The van der Waals surface area contributed by atoms with Crippen molar-refractivity contribution in [2.75, 3.05) is 6.54 Å². The first kappa shape index (κ1) is 20.4. The van der Waals surface area contributed by atoms with Crippen LogP contribution in [0.1, 0.15) is 50.3 Å². The van der Waals surface area contributed by atoms with Crippen LogP contribution >= 0.6 is 0 Å². The van der Waals surface area contributed by atoms with E-state index in [0.717, 1.165) is 18.7 Å². The molecular weight excluding hydrogens is 378 g/mol. The summed E-state index contributed by atoms with van der Waals surface area (Å²) in [4.78, 5) is 27.6. The smallest absolute Gasteiger partial charge is 0.408 e. The number of aromatic nitrogens is 1. The van der Waals surface area contributed by atoms with Gasteiger partial charge >= 0.3 is 5.76 Å². The Labute approximate surface area is 176 Å². The zero-order chi connectivity index (χ0) is 21.1. The minimum absolute atomic E-state index is 0.204. The fraction of sp³-hybridized carbons (Fsp3) is 0.417.